The Labute approximate surface area is 95.3 Å². The van der Waals surface area contributed by atoms with E-state index in [0.717, 1.165) is 17.1 Å². The van der Waals surface area contributed by atoms with E-state index in [1.54, 1.807) is 11.8 Å². The van der Waals surface area contributed by atoms with E-state index in [4.69, 9.17) is 0 Å². The molecule has 78 valence electrons. The van der Waals surface area contributed by atoms with Crippen LogP contribution in [0, 0.1) is 6.92 Å². The van der Waals surface area contributed by atoms with Gasteiger partial charge in [-0.15, -0.1) is 0 Å². The molecule has 1 N–H and O–H groups in total. The second kappa shape index (κ2) is 4.15. The van der Waals surface area contributed by atoms with Crippen molar-refractivity contribution in [3.05, 3.63) is 59.3 Å². The second-order valence-corrected chi connectivity index (χ2v) is 5.17. The van der Waals surface area contributed by atoms with E-state index in [1.807, 2.05) is 0 Å². The van der Waals surface area contributed by atoms with Crippen LogP contribution in [0.4, 0.5) is 0 Å². The smallest absolute Gasteiger partial charge is 0.0656 e. The Balaban J connectivity index is 2.06. The minimum atomic E-state index is 0.431. The molecule has 1 nitrogen and oxygen atoms in total. The summed E-state index contributed by atoms with van der Waals surface area (Å²) in [5.41, 5.74) is 3.74. The van der Waals surface area contributed by atoms with Gasteiger partial charge in [0, 0.05) is 5.70 Å². The Morgan fingerprint density at radius 3 is 2.47 bits per heavy atom. The quantitative estimate of drug-likeness (QED) is 0.816. The lowest BCUT2D eigenvalue weighted by Gasteiger charge is -2.08. The SMILES string of the molecule is C=C1NC(=C)C(Cc2ccc(C)cc2)S1. The highest BCUT2D eigenvalue weighted by Crippen LogP contribution is 2.32. The first-order chi connectivity index (χ1) is 7.15. The molecule has 1 unspecified atom stereocenters. The molecular weight excluding hydrogens is 202 g/mol. The molecule has 1 aromatic rings. The first kappa shape index (κ1) is 10.4. The highest BCUT2D eigenvalue weighted by Gasteiger charge is 2.22. The van der Waals surface area contributed by atoms with Gasteiger partial charge in [0.1, 0.15) is 0 Å². The predicted octanol–water partition coefficient (Wildman–Crippen LogP) is 3.23. The third kappa shape index (κ3) is 2.45. The first-order valence-electron chi connectivity index (χ1n) is 5.02. The molecule has 2 rings (SSSR count). The van der Waals surface area contributed by atoms with Crippen molar-refractivity contribution >= 4 is 11.8 Å². The minimum Gasteiger partial charge on any atom is -0.354 e. The Morgan fingerprint density at radius 2 is 1.93 bits per heavy atom. The summed E-state index contributed by atoms with van der Waals surface area (Å²) in [6.45, 7) is 10.0. The van der Waals surface area contributed by atoms with Crippen LogP contribution in [0.1, 0.15) is 11.1 Å². The standard InChI is InChI=1S/C13H15NS/c1-9-4-6-12(7-5-9)8-13-10(2)14-11(3)15-13/h4-7,13-14H,2-3,8H2,1H3. The van der Waals surface area contributed by atoms with Crippen LogP contribution in [-0.4, -0.2) is 5.25 Å². The van der Waals surface area contributed by atoms with Crippen LogP contribution < -0.4 is 5.32 Å². The largest absolute Gasteiger partial charge is 0.354 e. The molecule has 0 radical (unpaired) electrons. The minimum absolute atomic E-state index is 0.431. The van der Waals surface area contributed by atoms with Crippen molar-refractivity contribution in [2.45, 2.75) is 18.6 Å². The molecule has 1 atom stereocenters. The number of benzene rings is 1. The van der Waals surface area contributed by atoms with Gasteiger partial charge in [-0.3, -0.25) is 0 Å². The van der Waals surface area contributed by atoms with E-state index in [2.05, 4.69) is 49.7 Å². The van der Waals surface area contributed by atoms with E-state index in [0.29, 0.717) is 5.25 Å². The summed E-state index contributed by atoms with van der Waals surface area (Å²) in [5, 5.41) is 4.61. The van der Waals surface area contributed by atoms with Gasteiger partial charge in [0.2, 0.25) is 0 Å². The lowest BCUT2D eigenvalue weighted by Crippen LogP contribution is -2.10. The number of nitrogens with one attached hydrogen (secondary N) is 1. The van der Waals surface area contributed by atoms with Crippen molar-refractivity contribution in [3.63, 3.8) is 0 Å². The lowest BCUT2D eigenvalue weighted by atomic mass is 10.1. The summed E-state index contributed by atoms with van der Waals surface area (Å²) < 4.78 is 0. The third-order valence-electron chi connectivity index (χ3n) is 2.51. The molecule has 0 amide bonds. The molecular formula is C13H15NS. The van der Waals surface area contributed by atoms with Crippen LogP contribution in [-0.2, 0) is 6.42 Å². The maximum atomic E-state index is 4.01. The molecule has 1 aromatic carbocycles. The fraction of sp³-hybridized carbons (Fsp3) is 0.231. The van der Waals surface area contributed by atoms with Gasteiger partial charge >= 0.3 is 0 Å². The van der Waals surface area contributed by atoms with Crippen LogP contribution in [0.5, 0.6) is 0 Å². The number of aryl methyl sites for hydroxylation is 1. The second-order valence-electron chi connectivity index (χ2n) is 3.87. The Bertz CT molecular complexity index is 392. The van der Waals surface area contributed by atoms with Gasteiger partial charge in [0.15, 0.2) is 0 Å². The number of hydrogen-bond acceptors (Lipinski definition) is 2. The average molecular weight is 217 g/mol. The highest BCUT2D eigenvalue weighted by molar-refractivity contribution is 8.04. The van der Waals surface area contributed by atoms with Crippen molar-refractivity contribution in [1.82, 2.24) is 5.32 Å². The van der Waals surface area contributed by atoms with Crippen molar-refractivity contribution < 1.29 is 0 Å². The maximum absolute atomic E-state index is 4.01. The van der Waals surface area contributed by atoms with Gasteiger partial charge in [-0.1, -0.05) is 54.7 Å². The van der Waals surface area contributed by atoms with Crippen LogP contribution in [0.25, 0.3) is 0 Å². The van der Waals surface area contributed by atoms with Gasteiger partial charge in [-0.05, 0) is 18.9 Å². The molecule has 0 aliphatic carbocycles. The molecule has 1 saturated heterocycles. The number of rotatable bonds is 2. The van der Waals surface area contributed by atoms with E-state index in [1.165, 1.54) is 11.1 Å². The van der Waals surface area contributed by atoms with Crippen LogP contribution in [0.2, 0.25) is 0 Å². The molecule has 1 aliphatic rings. The zero-order valence-corrected chi connectivity index (χ0v) is 9.73. The fourth-order valence-corrected chi connectivity index (χ4v) is 2.65. The zero-order valence-electron chi connectivity index (χ0n) is 8.92. The van der Waals surface area contributed by atoms with E-state index in [9.17, 15) is 0 Å². The van der Waals surface area contributed by atoms with E-state index in [-0.39, 0.29) is 0 Å². The molecule has 0 bridgehead atoms. The number of thioether (sulfide) groups is 1. The van der Waals surface area contributed by atoms with Gasteiger partial charge in [0.05, 0.1) is 10.3 Å². The van der Waals surface area contributed by atoms with Crippen molar-refractivity contribution in [2.75, 3.05) is 0 Å². The Morgan fingerprint density at radius 1 is 1.27 bits per heavy atom. The van der Waals surface area contributed by atoms with Crippen molar-refractivity contribution in [3.8, 4) is 0 Å². The third-order valence-corrected chi connectivity index (χ3v) is 3.64. The van der Waals surface area contributed by atoms with E-state index >= 15 is 0 Å². The first-order valence-corrected chi connectivity index (χ1v) is 5.90. The lowest BCUT2D eigenvalue weighted by molar-refractivity contribution is 0.913. The summed E-state index contributed by atoms with van der Waals surface area (Å²) in [6.07, 6.45) is 1.02. The predicted molar refractivity (Wildman–Crippen MR) is 67.7 cm³/mol. The van der Waals surface area contributed by atoms with Gasteiger partial charge in [-0.2, -0.15) is 0 Å². The van der Waals surface area contributed by atoms with Crippen LogP contribution in [0.3, 0.4) is 0 Å². The van der Waals surface area contributed by atoms with Gasteiger partial charge < -0.3 is 5.32 Å². The summed E-state index contributed by atoms with van der Waals surface area (Å²) in [7, 11) is 0. The molecule has 1 aliphatic heterocycles. The Hall–Kier alpha value is -1.15. The topological polar surface area (TPSA) is 12.0 Å². The van der Waals surface area contributed by atoms with Crippen molar-refractivity contribution in [1.29, 1.82) is 0 Å². The van der Waals surface area contributed by atoms with Crippen LogP contribution in [0.15, 0.2) is 48.1 Å². The maximum Gasteiger partial charge on any atom is 0.0656 e. The average Bonchev–Trinajstić information content (AvgIpc) is 2.49. The highest BCUT2D eigenvalue weighted by atomic mass is 32.2. The molecule has 0 spiro atoms. The summed E-state index contributed by atoms with van der Waals surface area (Å²) in [6, 6.07) is 8.68. The summed E-state index contributed by atoms with van der Waals surface area (Å²) >= 11 is 1.77. The number of hydrogen-bond donors (Lipinski definition) is 1. The molecule has 1 heterocycles. The monoisotopic (exact) mass is 217 g/mol. The zero-order chi connectivity index (χ0) is 10.8. The molecule has 2 heteroatoms. The van der Waals surface area contributed by atoms with Gasteiger partial charge in [-0.25, -0.2) is 0 Å². The fourth-order valence-electron chi connectivity index (χ4n) is 1.63. The molecule has 0 aromatic heterocycles. The molecule has 0 saturated carbocycles. The van der Waals surface area contributed by atoms with Crippen LogP contribution >= 0.6 is 11.8 Å². The summed E-state index contributed by atoms with van der Waals surface area (Å²) in [5.74, 6) is 0. The van der Waals surface area contributed by atoms with E-state index < -0.39 is 0 Å². The van der Waals surface area contributed by atoms with Gasteiger partial charge in [0.25, 0.3) is 0 Å². The Kier molecular flexibility index (Phi) is 2.87. The summed E-state index contributed by atoms with van der Waals surface area (Å²) in [4.78, 5) is 0. The van der Waals surface area contributed by atoms with Crippen molar-refractivity contribution in [2.24, 2.45) is 0 Å². The molecule has 15 heavy (non-hydrogen) atoms. The normalized spacial score (nSPS) is 20.5. The molecule has 1 fully saturated rings.